The third kappa shape index (κ3) is 6.00. The Morgan fingerprint density at radius 3 is 1.61 bits per heavy atom. The maximum absolute atomic E-state index is 9.66. The lowest BCUT2D eigenvalue weighted by atomic mass is 9.96. The summed E-state index contributed by atoms with van der Waals surface area (Å²) in [4.78, 5) is 4.12. The Hall–Kier alpha value is -7.88. The summed E-state index contributed by atoms with van der Waals surface area (Å²) < 4.78 is 40.9. The second kappa shape index (κ2) is 14.6. The van der Waals surface area contributed by atoms with Crippen LogP contribution in [-0.2, 0) is 0 Å². The van der Waals surface area contributed by atoms with E-state index in [1.807, 2.05) is 126 Å². The minimum absolute atomic E-state index is 0.107. The Morgan fingerprint density at radius 1 is 0.339 bits per heavy atom. The van der Waals surface area contributed by atoms with Crippen LogP contribution in [0.3, 0.4) is 0 Å². The Kier molecular flexibility index (Phi) is 7.48. The molecule has 0 atom stereocenters. The summed E-state index contributed by atoms with van der Waals surface area (Å²) in [5.74, 6) is 0. The van der Waals surface area contributed by atoms with Gasteiger partial charge in [0.15, 0.2) is 0 Å². The average molecular weight is 758 g/mol. The summed E-state index contributed by atoms with van der Waals surface area (Å²) in [6.45, 7) is 0. The fourth-order valence-electron chi connectivity index (χ4n) is 8.59. The predicted molar refractivity (Wildman–Crippen MR) is 251 cm³/mol. The number of para-hydroxylation sites is 4. The van der Waals surface area contributed by atoms with Crippen molar-refractivity contribution in [1.29, 1.82) is 0 Å². The van der Waals surface area contributed by atoms with Gasteiger partial charge in [-0.1, -0.05) is 158 Å². The van der Waals surface area contributed by atoms with Crippen LogP contribution in [0, 0.1) is 0 Å². The second-order valence-electron chi connectivity index (χ2n) is 14.6. The lowest BCUT2D eigenvalue weighted by Gasteiger charge is -2.28. The molecule has 0 bridgehead atoms. The molecule has 0 saturated carbocycles. The highest BCUT2D eigenvalue weighted by molar-refractivity contribution is 6.11. The lowest BCUT2D eigenvalue weighted by molar-refractivity contribution is 1.18. The third-order valence-electron chi connectivity index (χ3n) is 11.2. The number of anilines is 6. The highest BCUT2D eigenvalue weighted by Crippen LogP contribution is 2.44. The van der Waals surface area contributed by atoms with Gasteiger partial charge in [-0.05, 0) is 101 Å². The van der Waals surface area contributed by atoms with Crippen LogP contribution in [-0.4, -0.2) is 4.57 Å². The molecule has 0 unspecified atom stereocenters. The van der Waals surface area contributed by atoms with E-state index in [1.54, 1.807) is 0 Å². The molecule has 10 aromatic carbocycles. The van der Waals surface area contributed by atoms with Crippen LogP contribution in [0.15, 0.2) is 236 Å². The number of benzene rings is 10. The van der Waals surface area contributed by atoms with Crippen LogP contribution in [0.1, 0.15) is 5.48 Å². The molecule has 1 heterocycles. The first-order valence-corrected chi connectivity index (χ1v) is 19.9. The van der Waals surface area contributed by atoms with Gasteiger partial charge >= 0.3 is 0 Å². The lowest BCUT2D eigenvalue weighted by Crippen LogP contribution is -2.10. The standard InChI is InChI=1S/C56H39N3/c1-4-19-42(20-5-1)57(53-31-14-18-40-17-10-11-25-48(40)53)45-35-33-41(34-36-45)47-27-15-29-50-49(47)28-16-32-54(50)58(43-21-6-2-7-22-43)46-37-38-52-51-26-12-13-30-55(51)59(56(52)39-46)44-23-8-3-9-24-44/h1-39H/i33D,34D,35D,36D. The molecule has 0 aliphatic carbocycles. The van der Waals surface area contributed by atoms with E-state index in [2.05, 4.69) is 100 Å². The van der Waals surface area contributed by atoms with E-state index < -0.39 is 0 Å². The van der Waals surface area contributed by atoms with Gasteiger partial charge in [0.25, 0.3) is 0 Å². The fourth-order valence-corrected chi connectivity index (χ4v) is 8.59. The van der Waals surface area contributed by atoms with Crippen molar-refractivity contribution in [2.24, 2.45) is 0 Å². The number of hydrogen-bond acceptors (Lipinski definition) is 2. The van der Waals surface area contributed by atoms with E-state index in [4.69, 9.17) is 0 Å². The summed E-state index contributed by atoms with van der Waals surface area (Å²) in [5, 5.41) is 6.01. The van der Waals surface area contributed by atoms with E-state index in [0.29, 0.717) is 5.56 Å². The molecule has 3 nitrogen and oxygen atoms in total. The highest BCUT2D eigenvalue weighted by Gasteiger charge is 2.20. The first kappa shape index (κ1) is 30.3. The van der Waals surface area contributed by atoms with Crippen LogP contribution in [0.5, 0.6) is 0 Å². The normalized spacial score (nSPS) is 12.3. The van der Waals surface area contributed by atoms with Crippen molar-refractivity contribution < 1.29 is 5.48 Å². The molecule has 0 spiro atoms. The number of fused-ring (bicyclic) bond motifs is 5. The zero-order valence-electron chi connectivity index (χ0n) is 36.0. The monoisotopic (exact) mass is 757 g/mol. The quantitative estimate of drug-likeness (QED) is 0.153. The SMILES string of the molecule is [2H]c1c([2H])c(N(c2ccccc2)c2cccc3ccccc23)c([2H])c([2H])c1-c1cccc2c(N(c3ccccc3)c3ccc4c5ccccc5n(-c5ccccc5)c4c3)cccc12. The van der Waals surface area contributed by atoms with Crippen LogP contribution < -0.4 is 9.80 Å². The van der Waals surface area contributed by atoms with E-state index in [1.165, 1.54) is 5.39 Å². The van der Waals surface area contributed by atoms with Gasteiger partial charge in [0.05, 0.1) is 27.9 Å². The summed E-state index contributed by atoms with van der Waals surface area (Å²) >= 11 is 0. The van der Waals surface area contributed by atoms with Crippen molar-refractivity contribution in [2.45, 2.75) is 0 Å². The molecule has 0 aliphatic heterocycles. The van der Waals surface area contributed by atoms with Gasteiger partial charge in [-0.25, -0.2) is 0 Å². The molecular formula is C56H39N3. The molecule has 3 heteroatoms. The van der Waals surface area contributed by atoms with E-state index in [9.17, 15) is 5.48 Å². The van der Waals surface area contributed by atoms with Gasteiger partial charge in [-0.15, -0.1) is 0 Å². The summed E-state index contributed by atoms with van der Waals surface area (Å²) in [6, 6.07) is 71.2. The van der Waals surface area contributed by atoms with Gasteiger partial charge in [-0.3, -0.25) is 0 Å². The van der Waals surface area contributed by atoms with Gasteiger partial charge in [0.2, 0.25) is 0 Å². The van der Waals surface area contributed by atoms with Crippen LogP contribution in [0.4, 0.5) is 34.1 Å². The van der Waals surface area contributed by atoms with Crippen molar-refractivity contribution in [3.63, 3.8) is 0 Å². The van der Waals surface area contributed by atoms with Crippen molar-refractivity contribution in [3.8, 4) is 16.8 Å². The number of rotatable bonds is 8. The zero-order chi connectivity index (χ0) is 42.6. The maximum atomic E-state index is 9.66. The number of aromatic nitrogens is 1. The maximum Gasteiger partial charge on any atom is 0.0645 e. The largest absolute Gasteiger partial charge is 0.310 e. The summed E-state index contributed by atoms with van der Waals surface area (Å²) in [7, 11) is 0. The van der Waals surface area contributed by atoms with Crippen molar-refractivity contribution in [3.05, 3.63) is 236 Å². The topological polar surface area (TPSA) is 11.4 Å². The molecule has 278 valence electrons. The predicted octanol–water partition coefficient (Wildman–Crippen LogP) is 15.7. The Labute approximate surface area is 349 Å². The van der Waals surface area contributed by atoms with Gasteiger partial charge in [-0.2, -0.15) is 0 Å². The number of nitrogens with zero attached hydrogens (tertiary/aromatic N) is 3. The fraction of sp³-hybridized carbons (Fsp3) is 0. The highest BCUT2D eigenvalue weighted by atomic mass is 15.2. The van der Waals surface area contributed by atoms with Crippen LogP contribution >= 0.6 is 0 Å². The van der Waals surface area contributed by atoms with Gasteiger partial charge in [0, 0.05) is 50.0 Å². The van der Waals surface area contributed by atoms with E-state index in [-0.39, 0.29) is 35.4 Å². The molecule has 0 N–H and O–H groups in total. The van der Waals surface area contributed by atoms with Gasteiger partial charge in [0.1, 0.15) is 0 Å². The van der Waals surface area contributed by atoms with Crippen molar-refractivity contribution in [2.75, 3.05) is 9.80 Å². The number of hydrogen-bond donors (Lipinski definition) is 0. The molecule has 0 aliphatic rings. The first-order valence-electron chi connectivity index (χ1n) is 21.9. The van der Waals surface area contributed by atoms with Crippen molar-refractivity contribution in [1.82, 2.24) is 4.57 Å². The minimum Gasteiger partial charge on any atom is -0.310 e. The van der Waals surface area contributed by atoms with Crippen molar-refractivity contribution >= 4 is 77.5 Å². The third-order valence-corrected chi connectivity index (χ3v) is 11.2. The first-order chi connectivity index (χ1) is 31.0. The molecule has 0 amide bonds. The summed E-state index contributed by atoms with van der Waals surface area (Å²) in [5.41, 5.74) is 8.73. The van der Waals surface area contributed by atoms with Crippen LogP contribution in [0.25, 0.3) is 60.2 Å². The average Bonchev–Trinajstić information content (AvgIpc) is 3.67. The molecular weight excluding hydrogens is 715 g/mol. The molecule has 0 saturated heterocycles. The molecule has 11 aromatic rings. The molecule has 1 aromatic heterocycles. The Balaban J connectivity index is 1.11. The molecule has 11 rings (SSSR count). The smallest absolute Gasteiger partial charge is 0.0645 e. The molecule has 59 heavy (non-hydrogen) atoms. The Morgan fingerprint density at radius 2 is 0.864 bits per heavy atom. The minimum atomic E-state index is -0.121. The second-order valence-corrected chi connectivity index (χ2v) is 14.6. The van der Waals surface area contributed by atoms with Crippen LogP contribution in [0.2, 0.25) is 0 Å². The summed E-state index contributed by atoms with van der Waals surface area (Å²) in [6.07, 6.45) is 0. The van der Waals surface area contributed by atoms with E-state index >= 15 is 0 Å². The molecule has 0 fully saturated rings. The molecule has 0 radical (unpaired) electrons. The van der Waals surface area contributed by atoms with E-state index in [0.717, 1.165) is 72.1 Å². The zero-order valence-corrected chi connectivity index (χ0v) is 32.0. The van der Waals surface area contributed by atoms with Gasteiger partial charge < -0.3 is 14.4 Å². The Bertz CT molecular complexity index is 3480.